The molecule has 0 N–H and O–H groups in total. The first-order valence-corrected chi connectivity index (χ1v) is 9.33. The Labute approximate surface area is 139 Å². The largest absolute Gasteiger partial charge is 0.338 e. The number of sulfonamides is 1. The number of rotatable bonds is 4. The summed E-state index contributed by atoms with van der Waals surface area (Å²) in [5.41, 5.74) is 0.778. The number of benzene rings is 1. The monoisotopic (exact) mass is 350 g/mol. The third-order valence-corrected chi connectivity index (χ3v) is 5.30. The number of tetrazole rings is 1. The van der Waals surface area contributed by atoms with E-state index in [2.05, 4.69) is 15.5 Å². The van der Waals surface area contributed by atoms with Gasteiger partial charge in [0.15, 0.2) is 6.04 Å². The summed E-state index contributed by atoms with van der Waals surface area (Å²) in [6, 6.07) is 8.60. The molecule has 1 aliphatic rings. The van der Waals surface area contributed by atoms with Crippen molar-refractivity contribution in [2.24, 2.45) is 0 Å². The molecular weight excluding hydrogens is 332 g/mol. The Bertz CT molecular complexity index is 785. The second kappa shape index (κ2) is 6.65. The molecule has 1 fully saturated rings. The highest BCUT2D eigenvalue weighted by atomic mass is 32.2. The minimum Gasteiger partial charge on any atom is -0.338 e. The van der Waals surface area contributed by atoms with E-state index in [1.165, 1.54) is 21.6 Å². The molecular formula is C14H18N6O3S. The fourth-order valence-electron chi connectivity index (χ4n) is 2.74. The van der Waals surface area contributed by atoms with Crippen LogP contribution in [0.5, 0.6) is 0 Å². The number of hydrogen-bond donors (Lipinski definition) is 0. The molecule has 1 aromatic heterocycles. The molecule has 1 unspecified atom stereocenters. The molecule has 10 heteroatoms. The summed E-state index contributed by atoms with van der Waals surface area (Å²) >= 11 is 0. The summed E-state index contributed by atoms with van der Waals surface area (Å²) in [5, 5.41) is 11.1. The van der Waals surface area contributed by atoms with Crippen molar-refractivity contribution in [1.29, 1.82) is 0 Å². The Balaban J connectivity index is 1.81. The molecule has 9 nitrogen and oxygen atoms in total. The van der Waals surface area contributed by atoms with Crippen LogP contribution in [0.4, 0.5) is 0 Å². The number of hydrogen-bond acceptors (Lipinski definition) is 6. The van der Waals surface area contributed by atoms with Crippen molar-refractivity contribution in [1.82, 2.24) is 29.4 Å². The second-order valence-electron chi connectivity index (χ2n) is 5.59. The normalized spacial score (nSPS) is 17.6. The first-order chi connectivity index (χ1) is 11.5. The van der Waals surface area contributed by atoms with E-state index in [-0.39, 0.29) is 5.91 Å². The molecule has 0 radical (unpaired) electrons. The fourth-order valence-corrected chi connectivity index (χ4v) is 3.57. The zero-order valence-corrected chi connectivity index (χ0v) is 14.0. The van der Waals surface area contributed by atoms with Crippen LogP contribution in [0, 0.1) is 0 Å². The Morgan fingerprint density at radius 2 is 1.79 bits per heavy atom. The maximum atomic E-state index is 13.0. The van der Waals surface area contributed by atoms with E-state index in [0.29, 0.717) is 26.2 Å². The molecule has 2 aromatic rings. The Morgan fingerprint density at radius 1 is 1.12 bits per heavy atom. The first kappa shape index (κ1) is 16.5. The lowest BCUT2D eigenvalue weighted by Crippen LogP contribution is -2.52. The SMILES string of the molecule is CS(=O)(=O)N1CCN(C(=O)C(c2ccccc2)n2cnnn2)CC1. The van der Waals surface area contributed by atoms with Gasteiger partial charge in [-0.2, -0.15) is 4.31 Å². The van der Waals surface area contributed by atoms with Crippen LogP contribution in [0.2, 0.25) is 0 Å². The number of carbonyl (C=O) groups is 1. The minimum absolute atomic E-state index is 0.151. The molecule has 0 aliphatic carbocycles. The summed E-state index contributed by atoms with van der Waals surface area (Å²) in [7, 11) is -3.23. The smallest absolute Gasteiger partial charge is 0.252 e. The van der Waals surface area contributed by atoms with Crippen molar-refractivity contribution in [3.05, 3.63) is 42.2 Å². The lowest BCUT2D eigenvalue weighted by Gasteiger charge is -2.35. The number of piperazine rings is 1. The van der Waals surface area contributed by atoms with Gasteiger partial charge in [0.25, 0.3) is 5.91 Å². The van der Waals surface area contributed by atoms with Crippen LogP contribution in [0.15, 0.2) is 36.7 Å². The predicted octanol–water partition coefficient (Wildman–Crippen LogP) is -0.634. The van der Waals surface area contributed by atoms with Crippen molar-refractivity contribution in [2.75, 3.05) is 32.4 Å². The number of nitrogens with zero attached hydrogens (tertiary/aromatic N) is 6. The standard InChI is InChI=1S/C14H18N6O3S/c1-24(22,23)19-9-7-18(8-10-19)14(21)13(20-11-15-16-17-20)12-5-3-2-4-6-12/h2-6,11,13H,7-10H2,1H3. The van der Waals surface area contributed by atoms with Gasteiger partial charge in [0.2, 0.25) is 10.0 Å². The third-order valence-electron chi connectivity index (χ3n) is 4.00. The zero-order chi connectivity index (χ0) is 17.2. The van der Waals surface area contributed by atoms with Gasteiger partial charge < -0.3 is 4.90 Å². The molecule has 1 aliphatic heterocycles. The van der Waals surface area contributed by atoms with E-state index in [1.807, 2.05) is 30.3 Å². The summed E-state index contributed by atoms with van der Waals surface area (Å²) < 4.78 is 26.0. The third kappa shape index (κ3) is 3.44. The molecule has 128 valence electrons. The van der Waals surface area contributed by atoms with Crippen LogP contribution in [0.1, 0.15) is 11.6 Å². The van der Waals surface area contributed by atoms with E-state index >= 15 is 0 Å². The number of aromatic nitrogens is 4. The van der Waals surface area contributed by atoms with Crippen LogP contribution in [-0.4, -0.2) is 76.2 Å². The molecule has 1 atom stereocenters. The first-order valence-electron chi connectivity index (χ1n) is 7.48. The Kier molecular flexibility index (Phi) is 4.58. The Morgan fingerprint density at radius 3 is 2.33 bits per heavy atom. The molecule has 1 aromatic carbocycles. The highest BCUT2D eigenvalue weighted by molar-refractivity contribution is 7.88. The van der Waals surface area contributed by atoms with Gasteiger partial charge >= 0.3 is 0 Å². The molecule has 2 heterocycles. The molecule has 3 rings (SSSR count). The van der Waals surface area contributed by atoms with Gasteiger partial charge in [-0.25, -0.2) is 13.1 Å². The number of amides is 1. The van der Waals surface area contributed by atoms with Crippen molar-refractivity contribution in [3.8, 4) is 0 Å². The topological polar surface area (TPSA) is 101 Å². The summed E-state index contributed by atoms with van der Waals surface area (Å²) in [6.45, 7) is 1.28. The van der Waals surface area contributed by atoms with Crippen LogP contribution in [-0.2, 0) is 14.8 Å². The van der Waals surface area contributed by atoms with Crippen LogP contribution >= 0.6 is 0 Å². The lowest BCUT2D eigenvalue weighted by atomic mass is 10.1. The Hall–Kier alpha value is -2.33. The summed E-state index contributed by atoms with van der Waals surface area (Å²) in [4.78, 5) is 14.6. The average Bonchev–Trinajstić information content (AvgIpc) is 3.09. The van der Waals surface area contributed by atoms with Crippen LogP contribution in [0.3, 0.4) is 0 Å². The van der Waals surface area contributed by atoms with E-state index in [0.717, 1.165) is 5.56 Å². The van der Waals surface area contributed by atoms with Gasteiger partial charge in [-0.15, -0.1) is 5.10 Å². The summed E-state index contributed by atoms with van der Waals surface area (Å²) in [6.07, 6.45) is 2.58. The van der Waals surface area contributed by atoms with Crippen molar-refractivity contribution < 1.29 is 13.2 Å². The van der Waals surface area contributed by atoms with Crippen molar-refractivity contribution in [2.45, 2.75) is 6.04 Å². The molecule has 0 bridgehead atoms. The van der Waals surface area contributed by atoms with Gasteiger partial charge in [0, 0.05) is 26.2 Å². The zero-order valence-electron chi connectivity index (χ0n) is 13.2. The van der Waals surface area contributed by atoms with E-state index < -0.39 is 16.1 Å². The van der Waals surface area contributed by atoms with Crippen molar-refractivity contribution >= 4 is 15.9 Å². The van der Waals surface area contributed by atoms with E-state index in [1.54, 1.807) is 4.90 Å². The van der Waals surface area contributed by atoms with Gasteiger partial charge in [0.05, 0.1) is 6.26 Å². The second-order valence-corrected chi connectivity index (χ2v) is 7.57. The summed E-state index contributed by atoms with van der Waals surface area (Å²) in [5.74, 6) is -0.151. The number of carbonyl (C=O) groups excluding carboxylic acids is 1. The highest BCUT2D eigenvalue weighted by Crippen LogP contribution is 2.21. The molecule has 0 saturated carbocycles. The maximum absolute atomic E-state index is 13.0. The molecule has 1 saturated heterocycles. The molecule has 0 spiro atoms. The van der Waals surface area contributed by atoms with Gasteiger partial charge in [-0.05, 0) is 16.0 Å². The van der Waals surface area contributed by atoms with Crippen LogP contribution in [0.25, 0.3) is 0 Å². The van der Waals surface area contributed by atoms with Crippen LogP contribution < -0.4 is 0 Å². The minimum atomic E-state index is -3.23. The molecule has 1 amide bonds. The quantitative estimate of drug-likeness (QED) is 0.727. The molecule has 24 heavy (non-hydrogen) atoms. The maximum Gasteiger partial charge on any atom is 0.252 e. The van der Waals surface area contributed by atoms with E-state index in [9.17, 15) is 13.2 Å². The van der Waals surface area contributed by atoms with Gasteiger partial charge in [-0.3, -0.25) is 4.79 Å². The highest BCUT2D eigenvalue weighted by Gasteiger charge is 2.32. The van der Waals surface area contributed by atoms with Gasteiger partial charge in [0.1, 0.15) is 6.33 Å². The van der Waals surface area contributed by atoms with Crippen molar-refractivity contribution in [3.63, 3.8) is 0 Å². The van der Waals surface area contributed by atoms with E-state index in [4.69, 9.17) is 0 Å². The van der Waals surface area contributed by atoms with Gasteiger partial charge in [-0.1, -0.05) is 30.3 Å². The fraction of sp³-hybridized carbons (Fsp3) is 0.429. The predicted molar refractivity (Wildman–Crippen MR) is 85.4 cm³/mol. The lowest BCUT2D eigenvalue weighted by molar-refractivity contribution is -0.135. The average molecular weight is 350 g/mol.